The number of allylic oxidation sites excluding steroid dienone is 2. The Balaban J connectivity index is 2.08. The number of amides is 1. The molecular weight excluding hydrogens is 315 g/mol. The molecule has 24 heavy (non-hydrogen) atoms. The first-order valence-corrected chi connectivity index (χ1v) is 6.91. The summed E-state index contributed by atoms with van der Waals surface area (Å²) in [6.07, 6.45) is 5.17. The quantitative estimate of drug-likeness (QED) is 0.654. The molecule has 0 radical (unpaired) electrons. The van der Waals surface area contributed by atoms with Gasteiger partial charge in [-0.05, 0) is 31.2 Å². The first-order valence-electron chi connectivity index (χ1n) is 6.91. The lowest BCUT2D eigenvalue weighted by molar-refractivity contribution is -0.119. The van der Waals surface area contributed by atoms with Gasteiger partial charge in [-0.25, -0.2) is 9.18 Å². The van der Waals surface area contributed by atoms with Crippen LogP contribution in [0.25, 0.3) is 6.08 Å². The summed E-state index contributed by atoms with van der Waals surface area (Å²) in [5.74, 6) is 0.621. The van der Waals surface area contributed by atoms with Gasteiger partial charge in [0.25, 0.3) is 5.91 Å². The molecule has 2 rings (SSSR count). The van der Waals surface area contributed by atoms with E-state index >= 15 is 0 Å². The van der Waals surface area contributed by atoms with Crippen molar-refractivity contribution in [2.75, 3.05) is 7.11 Å². The molecule has 0 unspecified atom stereocenters. The highest BCUT2D eigenvalue weighted by Crippen LogP contribution is 2.19. The number of methoxy groups -OCH3 is 1. The van der Waals surface area contributed by atoms with E-state index in [0.29, 0.717) is 5.75 Å². The zero-order valence-corrected chi connectivity index (χ0v) is 13.0. The Labute approximate surface area is 137 Å². The minimum Gasteiger partial charge on any atom is -0.505 e. The van der Waals surface area contributed by atoms with Crippen LogP contribution in [0.5, 0.6) is 5.75 Å². The number of nitrogens with one attached hydrogen (secondary N) is 1. The van der Waals surface area contributed by atoms with E-state index in [1.54, 1.807) is 12.0 Å². The number of halogens is 1. The van der Waals surface area contributed by atoms with Crippen molar-refractivity contribution in [2.24, 2.45) is 0 Å². The summed E-state index contributed by atoms with van der Waals surface area (Å²) in [5.41, 5.74) is 2.94. The normalized spacial score (nSPS) is 14.1. The lowest BCUT2D eigenvalue weighted by atomic mass is 10.1. The third kappa shape index (κ3) is 3.71. The molecule has 2 N–H and O–H groups in total. The Hall–Kier alpha value is -3.31. The van der Waals surface area contributed by atoms with Gasteiger partial charge in [-0.15, -0.1) is 0 Å². The third-order valence-corrected chi connectivity index (χ3v) is 3.31. The summed E-state index contributed by atoms with van der Waals surface area (Å²) in [6, 6.07) is 4.27. The Morgan fingerprint density at radius 3 is 2.83 bits per heavy atom. The number of nitrogens with zero attached hydrogens (tertiary/aromatic N) is 1. The second-order valence-electron chi connectivity index (χ2n) is 4.83. The first kappa shape index (κ1) is 17.1. The highest BCUT2D eigenvalue weighted by atomic mass is 19.1. The number of rotatable bonds is 4. The number of aliphatic hydroxyl groups excluding tert-OH is 1. The van der Waals surface area contributed by atoms with Crippen molar-refractivity contribution in [2.45, 2.75) is 6.92 Å². The van der Waals surface area contributed by atoms with Gasteiger partial charge in [-0.3, -0.25) is 15.2 Å². The molecule has 0 fully saturated rings. The topological polar surface area (TPSA) is 78.9 Å². The van der Waals surface area contributed by atoms with Gasteiger partial charge in [0.15, 0.2) is 5.76 Å². The van der Waals surface area contributed by atoms with Crippen molar-refractivity contribution in [1.29, 1.82) is 0 Å². The average Bonchev–Trinajstić information content (AvgIpc) is 2.58. The maximum atomic E-state index is 13.8. The van der Waals surface area contributed by atoms with Crippen molar-refractivity contribution in [3.05, 3.63) is 65.0 Å². The SMILES string of the molecule is COc1ccc(/C=C/C(=O)NN2C=CC(=C=O)C(O)=C2C)c(F)c1. The molecule has 1 aromatic carbocycles. The second kappa shape index (κ2) is 7.30. The lowest BCUT2D eigenvalue weighted by Crippen LogP contribution is -2.38. The molecule has 0 aromatic heterocycles. The van der Waals surface area contributed by atoms with Gasteiger partial charge < -0.3 is 9.84 Å². The number of aliphatic hydroxyl groups is 1. The molecular formula is C17H15FN2O4. The Morgan fingerprint density at radius 2 is 2.21 bits per heavy atom. The van der Waals surface area contributed by atoms with Gasteiger partial charge in [-0.2, -0.15) is 0 Å². The fraction of sp³-hybridized carbons (Fsp3) is 0.118. The van der Waals surface area contributed by atoms with Crippen LogP contribution in [0.15, 0.2) is 53.6 Å². The largest absolute Gasteiger partial charge is 0.505 e. The number of hydrogen-bond donors (Lipinski definition) is 2. The monoisotopic (exact) mass is 330 g/mol. The first-order chi connectivity index (χ1) is 11.5. The van der Waals surface area contributed by atoms with E-state index in [1.165, 1.54) is 49.5 Å². The third-order valence-electron chi connectivity index (χ3n) is 3.31. The van der Waals surface area contributed by atoms with E-state index in [2.05, 4.69) is 5.43 Å². The van der Waals surface area contributed by atoms with E-state index in [1.807, 2.05) is 0 Å². The molecule has 0 aliphatic carbocycles. The fourth-order valence-electron chi connectivity index (χ4n) is 1.94. The summed E-state index contributed by atoms with van der Waals surface area (Å²) in [7, 11) is 1.43. The molecule has 0 bridgehead atoms. The van der Waals surface area contributed by atoms with Crippen LogP contribution in [0.3, 0.4) is 0 Å². The van der Waals surface area contributed by atoms with Crippen molar-refractivity contribution >= 4 is 17.9 Å². The van der Waals surface area contributed by atoms with E-state index in [4.69, 9.17) is 4.74 Å². The highest BCUT2D eigenvalue weighted by molar-refractivity contribution is 5.91. The second-order valence-corrected chi connectivity index (χ2v) is 4.83. The smallest absolute Gasteiger partial charge is 0.262 e. The standard InChI is InChI=1S/C17H15FN2O4/c1-11-17(23)13(10-21)7-8-20(11)19-16(22)6-4-12-3-5-14(24-2)9-15(12)18/h3-9,23H,1-2H3,(H,19,22)/b6-4+. The number of hydrogen-bond acceptors (Lipinski definition) is 5. The van der Waals surface area contributed by atoms with Crippen LogP contribution in [0, 0.1) is 5.82 Å². The van der Waals surface area contributed by atoms with Crippen LogP contribution in [-0.4, -0.2) is 29.1 Å². The zero-order chi connectivity index (χ0) is 17.7. The zero-order valence-electron chi connectivity index (χ0n) is 13.0. The minimum absolute atomic E-state index is 0.00570. The molecule has 7 heteroatoms. The van der Waals surface area contributed by atoms with E-state index in [-0.39, 0.29) is 22.6 Å². The fourth-order valence-corrected chi connectivity index (χ4v) is 1.94. The maximum absolute atomic E-state index is 13.8. The molecule has 1 aliphatic heterocycles. The van der Waals surface area contributed by atoms with Gasteiger partial charge in [0.05, 0.1) is 12.8 Å². The predicted molar refractivity (Wildman–Crippen MR) is 85.6 cm³/mol. The molecule has 1 aromatic rings. The van der Waals surface area contributed by atoms with Crippen LogP contribution < -0.4 is 10.2 Å². The molecule has 0 saturated heterocycles. The van der Waals surface area contributed by atoms with Crippen LogP contribution >= 0.6 is 0 Å². The van der Waals surface area contributed by atoms with E-state index < -0.39 is 11.7 Å². The minimum atomic E-state index is -0.541. The summed E-state index contributed by atoms with van der Waals surface area (Å²) in [6.45, 7) is 1.52. The average molecular weight is 330 g/mol. The lowest BCUT2D eigenvalue weighted by Gasteiger charge is -2.24. The van der Waals surface area contributed by atoms with Crippen LogP contribution in [0.4, 0.5) is 4.39 Å². The molecule has 1 amide bonds. The molecule has 0 atom stereocenters. The molecule has 124 valence electrons. The summed E-state index contributed by atoms with van der Waals surface area (Å²) >= 11 is 0. The molecule has 1 aliphatic rings. The summed E-state index contributed by atoms with van der Waals surface area (Å²) < 4.78 is 18.7. The number of ether oxygens (including phenoxy) is 1. The molecule has 0 saturated carbocycles. The Kier molecular flexibility index (Phi) is 5.19. The van der Waals surface area contributed by atoms with Gasteiger partial charge in [0.2, 0.25) is 0 Å². The van der Waals surface area contributed by atoms with Crippen molar-refractivity contribution < 1.29 is 23.8 Å². The van der Waals surface area contributed by atoms with Crippen molar-refractivity contribution in [1.82, 2.24) is 10.4 Å². The molecule has 6 nitrogen and oxygen atoms in total. The predicted octanol–water partition coefficient (Wildman–Crippen LogP) is 2.26. The van der Waals surface area contributed by atoms with Crippen molar-refractivity contribution in [3.63, 3.8) is 0 Å². The van der Waals surface area contributed by atoms with Crippen LogP contribution in [-0.2, 0) is 9.59 Å². The van der Waals surface area contributed by atoms with Gasteiger partial charge >= 0.3 is 0 Å². The number of carbonyl (C=O) groups excluding carboxylic acids is 2. The molecule has 0 spiro atoms. The molecule has 1 heterocycles. The summed E-state index contributed by atoms with van der Waals surface area (Å²) in [5, 5.41) is 11.0. The highest BCUT2D eigenvalue weighted by Gasteiger charge is 2.17. The van der Waals surface area contributed by atoms with Gasteiger partial charge in [0.1, 0.15) is 23.1 Å². The van der Waals surface area contributed by atoms with Gasteiger partial charge in [-0.1, -0.05) is 0 Å². The number of hydrazine groups is 1. The van der Waals surface area contributed by atoms with E-state index in [0.717, 1.165) is 6.08 Å². The number of benzene rings is 1. The number of carbonyl (C=O) groups is 1. The van der Waals surface area contributed by atoms with Gasteiger partial charge in [0, 0.05) is 23.9 Å². The summed E-state index contributed by atoms with van der Waals surface area (Å²) in [4.78, 5) is 22.5. The van der Waals surface area contributed by atoms with Crippen molar-refractivity contribution in [3.8, 4) is 5.75 Å². The van der Waals surface area contributed by atoms with E-state index in [9.17, 15) is 19.1 Å². The Bertz CT molecular complexity index is 805. The van der Waals surface area contributed by atoms with Crippen LogP contribution in [0.1, 0.15) is 12.5 Å². The Morgan fingerprint density at radius 1 is 1.46 bits per heavy atom. The maximum Gasteiger partial charge on any atom is 0.262 e. The van der Waals surface area contributed by atoms with Crippen LogP contribution in [0.2, 0.25) is 0 Å².